The van der Waals surface area contributed by atoms with Crippen LogP contribution in [0, 0.1) is 11.6 Å². The topological polar surface area (TPSA) is 70.7 Å². The summed E-state index contributed by atoms with van der Waals surface area (Å²) in [6.07, 6.45) is -0.0268. The van der Waals surface area contributed by atoms with E-state index in [2.05, 4.69) is 15.5 Å². The van der Waals surface area contributed by atoms with E-state index >= 15 is 0 Å². The Bertz CT molecular complexity index is 907. The van der Waals surface area contributed by atoms with Crippen molar-refractivity contribution in [2.45, 2.75) is 19.1 Å². The molecule has 1 heterocycles. The van der Waals surface area contributed by atoms with Crippen LogP contribution in [0.3, 0.4) is 0 Å². The SMILES string of the molecule is CNC(=O)c1cccc(CC(=O)NC[C@H]2CN(Cc3ccc(F)c(F)c3)CCO2)c1. The minimum absolute atomic E-state index is 0.162. The molecule has 0 radical (unpaired) electrons. The third-order valence-electron chi connectivity index (χ3n) is 4.92. The molecule has 160 valence electrons. The molecule has 1 atom stereocenters. The molecule has 0 bridgehead atoms. The van der Waals surface area contributed by atoms with Gasteiger partial charge in [-0.15, -0.1) is 0 Å². The third kappa shape index (κ3) is 6.08. The predicted octanol–water partition coefficient (Wildman–Crippen LogP) is 1.88. The molecule has 2 N–H and O–H groups in total. The van der Waals surface area contributed by atoms with Crippen LogP contribution in [0.2, 0.25) is 0 Å². The van der Waals surface area contributed by atoms with E-state index in [9.17, 15) is 18.4 Å². The molecule has 0 spiro atoms. The average Bonchev–Trinajstić information content (AvgIpc) is 2.75. The third-order valence-corrected chi connectivity index (χ3v) is 4.92. The number of nitrogens with one attached hydrogen (secondary N) is 2. The van der Waals surface area contributed by atoms with Crippen molar-refractivity contribution in [3.8, 4) is 0 Å². The number of ether oxygens (including phenoxy) is 1. The van der Waals surface area contributed by atoms with Crippen molar-refractivity contribution in [1.29, 1.82) is 0 Å². The predicted molar refractivity (Wildman–Crippen MR) is 108 cm³/mol. The molecule has 2 amide bonds. The molecule has 2 aromatic carbocycles. The van der Waals surface area contributed by atoms with Gasteiger partial charge in [-0.05, 0) is 35.4 Å². The van der Waals surface area contributed by atoms with Crippen LogP contribution in [-0.4, -0.2) is 56.1 Å². The lowest BCUT2D eigenvalue weighted by molar-refractivity contribution is -0.121. The van der Waals surface area contributed by atoms with Crippen LogP contribution >= 0.6 is 0 Å². The van der Waals surface area contributed by atoms with Crippen molar-refractivity contribution in [2.24, 2.45) is 0 Å². The first kappa shape index (κ1) is 21.9. The Kier molecular flexibility index (Phi) is 7.48. The summed E-state index contributed by atoms with van der Waals surface area (Å²) in [5.41, 5.74) is 1.94. The van der Waals surface area contributed by atoms with Crippen molar-refractivity contribution >= 4 is 11.8 Å². The van der Waals surface area contributed by atoms with Gasteiger partial charge in [0.2, 0.25) is 5.91 Å². The molecule has 0 aliphatic carbocycles. The molecular formula is C22H25F2N3O3. The van der Waals surface area contributed by atoms with Crippen molar-refractivity contribution in [1.82, 2.24) is 15.5 Å². The summed E-state index contributed by atoms with van der Waals surface area (Å²) in [6, 6.07) is 10.8. The zero-order valence-electron chi connectivity index (χ0n) is 16.8. The molecule has 0 aromatic heterocycles. The minimum atomic E-state index is -0.859. The van der Waals surface area contributed by atoms with Crippen LogP contribution < -0.4 is 10.6 Å². The summed E-state index contributed by atoms with van der Waals surface area (Å²) in [4.78, 5) is 26.1. The Hall–Kier alpha value is -2.84. The number of nitrogens with zero attached hydrogens (tertiary/aromatic N) is 1. The van der Waals surface area contributed by atoms with Crippen LogP contribution in [0.25, 0.3) is 0 Å². The smallest absolute Gasteiger partial charge is 0.251 e. The molecule has 0 unspecified atom stereocenters. The number of amides is 2. The number of carbonyl (C=O) groups excluding carboxylic acids is 2. The van der Waals surface area contributed by atoms with Gasteiger partial charge in [0.1, 0.15) is 0 Å². The normalized spacial score (nSPS) is 16.8. The molecule has 1 aliphatic rings. The van der Waals surface area contributed by atoms with E-state index in [-0.39, 0.29) is 24.3 Å². The average molecular weight is 417 g/mol. The molecule has 0 saturated carbocycles. The molecule has 1 fully saturated rings. The lowest BCUT2D eigenvalue weighted by atomic mass is 10.1. The molecular weight excluding hydrogens is 392 g/mol. The Balaban J connectivity index is 1.47. The van der Waals surface area contributed by atoms with E-state index in [0.717, 1.165) is 11.6 Å². The fourth-order valence-electron chi connectivity index (χ4n) is 3.39. The number of carbonyl (C=O) groups is 2. The number of morpholine rings is 1. The molecule has 6 nitrogen and oxygen atoms in total. The van der Waals surface area contributed by atoms with E-state index in [1.165, 1.54) is 6.07 Å². The number of halogens is 2. The highest BCUT2D eigenvalue weighted by atomic mass is 19.2. The molecule has 2 aromatic rings. The van der Waals surface area contributed by atoms with Crippen molar-refractivity contribution in [3.63, 3.8) is 0 Å². The zero-order valence-corrected chi connectivity index (χ0v) is 16.8. The first-order chi connectivity index (χ1) is 14.4. The van der Waals surface area contributed by atoms with Gasteiger partial charge in [0, 0.05) is 38.8 Å². The zero-order chi connectivity index (χ0) is 21.5. The van der Waals surface area contributed by atoms with Crippen molar-refractivity contribution in [3.05, 3.63) is 70.8 Å². The van der Waals surface area contributed by atoms with Gasteiger partial charge >= 0.3 is 0 Å². The second-order valence-corrected chi connectivity index (χ2v) is 7.24. The summed E-state index contributed by atoms with van der Waals surface area (Å²) in [6.45, 7) is 2.58. The first-order valence-electron chi connectivity index (χ1n) is 9.80. The minimum Gasteiger partial charge on any atom is -0.374 e. The first-order valence-corrected chi connectivity index (χ1v) is 9.80. The lowest BCUT2D eigenvalue weighted by Gasteiger charge is -2.33. The van der Waals surface area contributed by atoms with Gasteiger partial charge in [-0.1, -0.05) is 18.2 Å². The van der Waals surface area contributed by atoms with Crippen LogP contribution in [-0.2, 0) is 22.5 Å². The lowest BCUT2D eigenvalue weighted by Crippen LogP contribution is -2.47. The van der Waals surface area contributed by atoms with E-state index in [1.54, 1.807) is 37.4 Å². The molecule has 30 heavy (non-hydrogen) atoms. The summed E-state index contributed by atoms with van der Waals surface area (Å²) < 4.78 is 32.2. The Labute approximate surface area is 174 Å². The van der Waals surface area contributed by atoms with E-state index in [4.69, 9.17) is 4.74 Å². The second-order valence-electron chi connectivity index (χ2n) is 7.24. The van der Waals surface area contributed by atoms with E-state index in [0.29, 0.717) is 43.9 Å². The standard InChI is InChI=1S/C22H25F2N3O3/c1-25-22(29)17-4-2-3-15(9-17)11-21(28)26-12-18-14-27(7-8-30-18)13-16-5-6-19(23)20(24)10-16/h2-6,9-10,18H,7-8,11-14H2,1H3,(H,25,29)(H,26,28)/t18-/m0/s1. The Morgan fingerprint density at radius 3 is 2.73 bits per heavy atom. The van der Waals surface area contributed by atoms with Gasteiger partial charge in [0.15, 0.2) is 11.6 Å². The van der Waals surface area contributed by atoms with Crippen molar-refractivity contribution < 1.29 is 23.1 Å². The fraction of sp³-hybridized carbons (Fsp3) is 0.364. The summed E-state index contributed by atoms with van der Waals surface area (Å²) >= 11 is 0. The van der Waals surface area contributed by atoms with Crippen LogP contribution in [0.4, 0.5) is 8.78 Å². The van der Waals surface area contributed by atoms with Crippen LogP contribution in [0.1, 0.15) is 21.5 Å². The fourth-order valence-corrected chi connectivity index (χ4v) is 3.39. The Morgan fingerprint density at radius 2 is 1.97 bits per heavy atom. The number of hydrogen-bond donors (Lipinski definition) is 2. The maximum absolute atomic E-state index is 13.4. The maximum atomic E-state index is 13.4. The van der Waals surface area contributed by atoms with Crippen LogP contribution in [0.5, 0.6) is 0 Å². The van der Waals surface area contributed by atoms with Gasteiger partial charge in [-0.3, -0.25) is 14.5 Å². The van der Waals surface area contributed by atoms with Crippen molar-refractivity contribution in [2.75, 3.05) is 33.3 Å². The Morgan fingerprint density at radius 1 is 1.13 bits per heavy atom. The van der Waals surface area contributed by atoms with Gasteiger partial charge in [-0.2, -0.15) is 0 Å². The largest absolute Gasteiger partial charge is 0.374 e. The summed E-state index contributed by atoms with van der Waals surface area (Å²) in [5, 5.41) is 5.42. The summed E-state index contributed by atoms with van der Waals surface area (Å²) in [5.74, 6) is -2.08. The number of hydrogen-bond acceptors (Lipinski definition) is 4. The molecule has 1 saturated heterocycles. The highest BCUT2D eigenvalue weighted by Gasteiger charge is 2.21. The highest BCUT2D eigenvalue weighted by Crippen LogP contribution is 2.14. The van der Waals surface area contributed by atoms with Gasteiger partial charge < -0.3 is 15.4 Å². The van der Waals surface area contributed by atoms with Gasteiger partial charge in [0.25, 0.3) is 5.91 Å². The monoisotopic (exact) mass is 417 g/mol. The molecule has 3 rings (SSSR count). The summed E-state index contributed by atoms with van der Waals surface area (Å²) in [7, 11) is 1.56. The van der Waals surface area contributed by atoms with Crippen LogP contribution in [0.15, 0.2) is 42.5 Å². The quantitative estimate of drug-likeness (QED) is 0.722. The van der Waals surface area contributed by atoms with E-state index < -0.39 is 11.6 Å². The molecule has 8 heteroatoms. The number of benzene rings is 2. The maximum Gasteiger partial charge on any atom is 0.251 e. The number of rotatable bonds is 7. The van der Waals surface area contributed by atoms with Gasteiger partial charge in [-0.25, -0.2) is 8.78 Å². The van der Waals surface area contributed by atoms with E-state index in [1.807, 2.05) is 0 Å². The molecule has 1 aliphatic heterocycles. The van der Waals surface area contributed by atoms with Gasteiger partial charge in [0.05, 0.1) is 19.1 Å². The highest BCUT2D eigenvalue weighted by molar-refractivity contribution is 5.94. The second kappa shape index (κ2) is 10.3.